The maximum absolute atomic E-state index is 10.9. The number of nitro groups is 1. The fraction of sp³-hybridized carbons (Fsp3) is 0.250. The van der Waals surface area contributed by atoms with Gasteiger partial charge in [0.15, 0.2) is 0 Å². The highest BCUT2D eigenvalue weighted by Gasteiger charge is 2.26. The molecular formula is C12H11NO4. The Labute approximate surface area is 97.9 Å². The van der Waals surface area contributed by atoms with Gasteiger partial charge in [-0.25, -0.2) is 0 Å². The minimum absolute atomic E-state index is 0.000835. The van der Waals surface area contributed by atoms with Gasteiger partial charge in [0.2, 0.25) is 0 Å². The van der Waals surface area contributed by atoms with Crippen LogP contribution < -0.4 is 0 Å². The quantitative estimate of drug-likeness (QED) is 0.456. The van der Waals surface area contributed by atoms with E-state index in [2.05, 4.69) is 0 Å². The van der Waals surface area contributed by atoms with Gasteiger partial charge in [-0.1, -0.05) is 12.1 Å². The summed E-state index contributed by atoms with van der Waals surface area (Å²) < 4.78 is 5.46. The highest BCUT2D eigenvalue weighted by Crippen LogP contribution is 2.33. The number of carbonyl (C=O) groups is 1. The molecule has 1 aliphatic rings. The Hall–Kier alpha value is -2.01. The van der Waals surface area contributed by atoms with E-state index < -0.39 is 11.0 Å². The summed E-state index contributed by atoms with van der Waals surface area (Å²) in [5.74, 6) is 0. The number of aldehydes is 1. The zero-order chi connectivity index (χ0) is 12.4. The van der Waals surface area contributed by atoms with Crippen molar-refractivity contribution in [3.63, 3.8) is 0 Å². The molecule has 5 heteroatoms. The fourth-order valence-electron chi connectivity index (χ4n) is 1.84. The number of rotatable bonds is 3. The first-order chi connectivity index (χ1) is 8.13. The van der Waals surface area contributed by atoms with Crippen LogP contribution in [0, 0.1) is 10.1 Å². The van der Waals surface area contributed by atoms with Crippen LogP contribution in [0.2, 0.25) is 0 Å². The predicted octanol–water partition coefficient (Wildman–Crippen LogP) is 2.18. The van der Waals surface area contributed by atoms with Crippen molar-refractivity contribution in [1.82, 2.24) is 0 Å². The van der Waals surface area contributed by atoms with Crippen LogP contribution in [0.1, 0.15) is 18.6 Å². The zero-order valence-electron chi connectivity index (χ0n) is 9.25. The first-order valence-electron chi connectivity index (χ1n) is 5.14. The number of carbonyl (C=O) groups excluding carboxylic acids is 1. The summed E-state index contributed by atoms with van der Waals surface area (Å²) in [5, 5.41) is 10.7. The summed E-state index contributed by atoms with van der Waals surface area (Å²) >= 11 is 0. The molecule has 0 bridgehead atoms. The van der Waals surface area contributed by atoms with Crippen molar-refractivity contribution in [1.29, 1.82) is 0 Å². The lowest BCUT2D eigenvalue weighted by molar-refractivity contribution is -0.385. The third-order valence-electron chi connectivity index (χ3n) is 2.75. The predicted molar refractivity (Wildman–Crippen MR) is 60.6 cm³/mol. The number of hydrogen-bond acceptors (Lipinski definition) is 4. The second-order valence-electron chi connectivity index (χ2n) is 3.90. The molecule has 0 saturated heterocycles. The number of ether oxygens (including phenoxy) is 1. The lowest BCUT2D eigenvalue weighted by atomic mass is 10.0. The Balaban J connectivity index is 2.38. The standard InChI is InChI=1S/C12H11NO4/c1-8-7-17-12(11(8)6-14)9-3-2-4-10(5-9)13(15)16/h2-6,12H,7H2,1H3/t12-/m1/s1. The van der Waals surface area contributed by atoms with Gasteiger partial charge in [0, 0.05) is 17.7 Å². The smallest absolute Gasteiger partial charge is 0.269 e. The molecular weight excluding hydrogens is 222 g/mol. The first kappa shape index (κ1) is 11.5. The van der Waals surface area contributed by atoms with Crippen LogP contribution in [0.5, 0.6) is 0 Å². The van der Waals surface area contributed by atoms with Crippen LogP contribution >= 0.6 is 0 Å². The molecule has 2 rings (SSSR count). The highest BCUT2D eigenvalue weighted by molar-refractivity contribution is 5.77. The molecule has 0 fully saturated rings. The molecule has 1 aromatic carbocycles. The Morgan fingerprint density at radius 1 is 1.53 bits per heavy atom. The molecule has 0 spiro atoms. The van der Waals surface area contributed by atoms with Crippen LogP contribution in [0.3, 0.4) is 0 Å². The van der Waals surface area contributed by atoms with Crippen LogP contribution in [0.4, 0.5) is 5.69 Å². The summed E-state index contributed by atoms with van der Waals surface area (Å²) in [5.41, 5.74) is 2.07. The Kier molecular flexibility index (Phi) is 3.01. The third kappa shape index (κ3) is 2.09. The molecule has 0 aromatic heterocycles. The van der Waals surface area contributed by atoms with Crippen molar-refractivity contribution >= 4 is 12.0 Å². The summed E-state index contributed by atoms with van der Waals surface area (Å²) in [6.07, 6.45) is 0.277. The van der Waals surface area contributed by atoms with Gasteiger partial charge in [-0.15, -0.1) is 0 Å². The minimum atomic E-state index is -0.479. The Bertz CT molecular complexity index is 507. The van der Waals surface area contributed by atoms with Crippen molar-refractivity contribution < 1.29 is 14.5 Å². The Morgan fingerprint density at radius 3 is 2.94 bits per heavy atom. The molecule has 1 heterocycles. The van der Waals surface area contributed by atoms with E-state index in [1.807, 2.05) is 6.92 Å². The fourth-order valence-corrected chi connectivity index (χ4v) is 1.84. The second-order valence-corrected chi connectivity index (χ2v) is 3.90. The first-order valence-corrected chi connectivity index (χ1v) is 5.14. The van der Waals surface area contributed by atoms with Gasteiger partial charge in [0.25, 0.3) is 5.69 Å². The number of nitro benzene ring substituents is 1. The van der Waals surface area contributed by atoms with E-state index in [1.54, 1.807) is 12.1 Å². The van der Waals surface area contributed by atoms with Gasteiger partial charge in [-0.3, -0.25) is 14.9 Å². The van der Waals surface area contributed by atoms with Gasteiger partial charge in [-0.05, 0) is 18.1 Å². The topological polar surface area (TPSA) is 69.4 Å². The highest BCUT2D eigenvalue weighted by atomic mass is 16.6. The van der Waals surface area contributed by atoms with Gasteiger partial charge in [0.1, 0.15) is 12.4 Å². The van der Waals surface area contributed by atoms with E-state index in [4.69, 9.17) is 4.74 Å². The van der Waals surface area contributed by atoms with Crippen molar-refractivity contribution in [2.24, 2.45) is 0 Å². The monoisotopic (exact) mass is 233 g/mol. The summed E-state index contributed by atoms with van der Waals surface area (Å²) in [7, 11) is 0. The third-order valence-corrected chi connectivity index (χ3v) is 2.75. The van der Waals surface area contributed by atoms with E-state index in [1.165, 1.54) is 12.1 Å². The number of non-ortho nitro benzene ring substituents is 1. The molecule has 0 aliphatic carbocycles. The molecule has 1 aliphatic heterocycles. The average Bonchev–Trinajstić information content (AvgIpc) is 2.70. The van der Waals surface area contributed by atoms with Crippen molar-refractivity contribution in [3.8, 4) is 0 Å². The average molecular weight is 233 g/mol. The van der Waals surface area contributed by atoms with Gasteiger partial charge in [0.05, 0.1) is 11.5 Å². The number of benzene rings is 1. The van der Waals surface area contributed by atoms with Crippen LogP contribution in [-0.4, -0.2) is 17.8 Å². The van der Waals surface area contributed by atoms with Crippen molar-refractivity contribution in [3.05, 3.63) is 51.1 Å². The van der Waals surface area contributed by atoms with Crippen molar-refractivity contribution in [2.75, 3.05) is 6.61 Å². The number of nitrogens with zero attached hydrogens (tertiary/aromatic N) is 1. The normalized spacial score (nSPS) is 19.5. The maximum atomic E-state index is 10.9. The summed E-state index contributed by atoms with van der Waals surface area (Å²) in [6, 6.07) is 6.16. The number of hydrogen-bond donors (Lipinski definition) is 0. The SMILES string of the molecule is CC1=C(C=O)[C@@H](c2cccc([N+](=O)[O-])c2)OC1. The molecule has 0 saturated carbocycles. The molecule has 17 heavy (non-hydrogen) atoms. The molecule has 0 radical (unpaired) electrons. The van der Waals surface area contributed by atoms with E-state index in [-0.39, 0.29) is 5.69 Å². The van der Waals surface area contributed by atoms with E-state index in [0.717, 1.165) is 11.9 Å². The maximum Gasteiger partial charge on any atom is 0.269 e. The molecule has 0 N–H and O–H groups in total. The van der Waals surface area contributed by atoms with Crippen LogP contribution in [-0.2, 0) is 9.53 Å². The van der Waals surface area contributed by atoms with Crippen LogP contribution in [0.25, 0.3) is 0 Å². The van der Waals surface area contributed by atoms with Gasteiger partial charge >= 0.3 is 0 Å². The molecule has 5 nitrogen and oxygen atoms in total. The second kappa shape index (κ2) is 4.47. The molecule has 1 aromatic rings. The molecule has 0 unspecified atom stereocenters. The van der Waals surface area contributed by atoms with Gasteiger partial charge < -0.3 is 4.74 Å². The van der Waals surface area contributed by atoms with Crippen molar-refractivity contribution in [2.45, 2.75) is 13.0 Å². The van der Waals surface area contributed by atoms with Gasteiger partial charge in [-0.2, -0.15) is 0 Å². The van der Waals surface area contributed by atoms with E-state index in [9.17, 15) is 14.9 Å². The molecule has 0 amide bonds. The van der Waals surface area contributed by atoms with E-state index in [0.29, 0.717) is 17.7 Å². The van der Waals surface area contributed by atoms with E-state index >= 15 is 0 Å². The summed E-state index contributed by atoms with van der Waals surface area (Å²) in [4.78, 5) is 21.2. The lowest BCUT2D eigenvalue weighted by Crippen LogP contribution is -2.02. The summed E-state index contributed by atoms with van der Waals surface area (Å²) in [6.45, 7) is 2.21. The largest absolute Gasteiger partial charge is 0.364 e. The Morgan fingerprint density at radius 2 is 2.29 bits per heavy atom. The molecule has 88 valence electrons. The zero-order valence-corrected chi connectivity index (χ0v) is 9.25. The van der Waals surface area contributed by atoms with Crippen LogP contribution in [0.15, 0.2) is 35.4 Å². The lowest BCUT2D eigenvalue weighted by Gasteiger charge is -2.11. The minimum Gasteiger partial charge on any atom is -0.364 e. The molecule has 1 atom stereocenters.